The molecule has 0 aromatic rings. The predicted molar refractivity (Wildman–Crippen MR) is 94.9 cm³/mol. The van der Waals surface area contributed by atoms with Crippen molar-refractivity contribution < 1.29 is 14.3 Å². The summed E-state index contributed by atoms with van der Waals surface area (Å²) < 4.78 is 5.74. The monoisotopic (exact) mass is 346 g/mol. The largest absolute Gasteiger partial charge is 0.459 e. The number of rotatable bonds is 2. The molecule has 0 spiro atoms. The fraction of sp³-hybridized carbons (Fsp3) is 0.800. The Hall–Kier alpha value is -1.36. The highest BCUT2D eigenvalue weighted by Crippen LogP contribution is 2.43. The third-order valence-corrected chi connectivity index (χ3v) is 6.95. The Balaban J connectivity index is 1.44. The Morgan fingerprint density at radius 3 is 2.76 bits per heavy atom. The number of allylic oxidation sites excluding steroid dienone is 1. The van der Waals surface area contributed by atoms with Crippen LogP contribution < -0.4 is 0 Å². The van der Waals surface area contributed by atoms with Crippen LogP contribution >= 0.6 is 0 Å². The van der Waals surface area contributed by atoms with Gasteiger partial charge in [-0.25, -0.2) is 4.79 Å². The van der Waals surface area contributed by atoms with Crippen LogP contribution in [0.2, 0.25) is 0 Å². The second-order valence-corrected chi connectivity index (χ2v) is 8.35. The summed E-state index contributed by atoms with van der Waals surface area (Å²) in [6, 6.07) is 0.940. The number of carbonyl (C=O) groups is 2. The van der Waals surface area contributed by atoms with Crippen molar-refractivity contribution in [1.82, 2.24) is 9.80 Å². The Morgan fingerprint density at radius 1 is 1.16 bits per heavy atom. The number of hydrogen-bond donors (Lipinski definition) is 0. The number of hydrogen-bond acceptors (Lipinski definition) is 4. The first kappa shape index (κ1) is 17.1. The molecule has 25 heavy (non-hydrogen) atoms. The standard InChI is InChI=1S/C20H30N2O3/c1-3-13(2)20(24)25-16-7-8-21-11-14-9-15(18(21)10-16)12-22-17(14)5-4-6-19(22)23/h3,14-18H,4-12H2,1-2H3/b13-3-/t14-,15-,16-,17+,18-/m0/s1. The van der Waals surface area contributed by atoms with E-state index in [-0.39, 0.29) is 12.1 Å². The molecule has 4 fully saturated rings. The zero-order valence-corrected chi connectivity index (χ0v) is 15.4. The molecule has 2 bridgehead atoms. The van der Waals surface area contributed by atoms with Gasteiger partial charge in [0.2, 0.25) is 5.91 Å². The first-order valence-electron chi connectivity index (χ1n) is 9.94. The second kappa shape index (κ2) is 6.75. The number of ether oxygens (including phenoxy) is 1. The number of esters is 1. The zero-order chi connectivity index (χ0) is 17.6. The lowest BCUT2D eigenvalue weighted by atomic mass is 9.70. The average Bonchev–Trinajstić information content (AvgIpc) is 2.62. The molecule has 4 aliphatic rings. The number of carbonyl (C=O) groups excluding carboxylic acids is 2. The van der Waals surface area contributed by atoms with Crippen LogP contribution in [0, 0.1) is 11.8 Å². The summed E-state index contributed by atoms with van der Waals surface area (Å²) in [4.78, 5) is 29.3. The molecule has 4 rings (SSSR count). The van der Waals surface area contributed by atoms with Crippen molar-refractivity contribution in [2.75, 3.05) is 19.6 Å². The van der Waals surface area contributed by atoms with Crippen molar-refractivity contribution >= 4 is 11.9 Å². The second-order valence-electron chi connectivity index (χ2n) is 8.35. The van der Waals surface area contributed by atoms with Gasteiger partial charge in [0, 0.05) is 50.1 Å². The van der Waals surface area contributed by atoms with Gasteiger partial charge in [0.15, 0.2) is 0 Å². The van der Waals surface area contributed by atoms with E-state index in [1.807, 2.05) is 19.9 Å². The number of nitrogens with zero attached hydrogens (tertiary/aromatic N) is 2. The Labute approximate surface area is 150 Å². The average molecular weight is 346 g/mol. The van der Waals surface area contributed by atoms with Gasteiger partial charge in [-0.05, 0) is 51.4 Å². The molecule has 5 nitrogen and oxygen atoms in total. The summed E-state index contributed by atoms with van der Waals surface area (Å²) in [5.74, 6) is 1.37. The van der Waals surface area contributed by atoms with Crippen molar-refractivity contribution in [3.8, 4) is 0 Å². The van der Waals surface area contributed by atoms with Gasteiger partial charge in [0.25, 0.3) is 0 Å². The van der Waals surface area contributed by atoms with Crippen molar-refractivity contribution in [2.24, 2.45) is 11.8 Å². The van der Waals surface area contributed by atoms with Crippen molar-refractivity contribution in [1.29, 1.82) is 0 Å². The highest BCUT2D eigenvalue weighted by Gasteiger charge is 2.49. The molecular formula is C20H30N2O3. The molecule has 0 unspecified atom stereocenters. The van der Waals surface area contributed by atoms with Crippen molar-refractivity contribution in [3.05, 3.63) is 11.6 Å². The maximum Gasteiger partial charge on any atom is 0.333 e. The lowest BCUT2D eigenvalue weighted by Crippen LogP contribution is -2.65. The van der Waals surface area contributed by atoms with Gasteiger partial charge < -0.3 is 9.64 Å². The molecule has 138 valence electrons. The molecule has 0 radical (unpaired) electrons. The summed E-state index contributed by atoms with van der Waals surface area (Å²) >= 11 is 0. The van der Waals surface area contributed by atoms with Crippen LogP contribution in [0.4, 0.5) is 0 Å². The van der Waals surface area contributed by atoms with E-state index in [0.717, 1.165) is 45.3 Å². The Bertz CT molecular complexity index is 587. The van der Waals surface area contributed by atoms with Crippen LogP contribution in [-0.4, -0.2) is 59.5 Å². The van der Waals surface area contributed by atoms with Gasteiger partial charge >= 0.3 is 5.97 Å². The quantitative estimate of drug-likeness (QED) is 0.569. The number of piperidine rings is 4. The van der Waals surface area contributed by atoms with Crippen LogP contribution in [0.1, 0.15) is 52.4 Å². The smallest absolute Gasteiger partial charge is 0.333 e. The molecule has 0 aromatic heterocycles. The van der Waals surface area contributed by atoms with Crippen LogP contribution in [0.25, 0.3) is 0 Å². The number of amides is 1. The Morgan fingerprint density at radius 2 is 1.96 bits per heavy atom. The van der Waals surface area contributed by atoms with E-state index < -0.39 is 0 Å². The highest BCUT2D eigenvalue weighted by atomic mass is 16.5. The van der Waals surface area contributed by atoms with E-state index in [2.05, 4.69) is 9.80 Å². The van der Waals surface area contributed by atoms with E-state index in [4.69, 9.17) is 4.74 Å². The summed E-state index contributed by atoms with van der Waals surface area (Å²) in [5.41, 5.74) is 0.686. The Kier molecular flexibility index (Phi) is 4.61. The minimum absolute atomic E-state index is 0.0231. The van der Waals surface area contributed by atoms with Gasteiger partial charge in [0.05, 0.1) is 0 Å². The first-order chi connectivity index (χ1) is 12.1. The molecule has 5 atom stereocenters. The molecule has 4 aliphatic heterocycles. The fourth-order valence-electron chi connectivity index (χ4n) is 5.52. The van der Waals surface area contributed by atoms with E-state index >= 15 is 0 Å². The topological polar surface area (TPSA) is 49.9 Å². The van der Waals surface area contributed by atoms with Crippen molar-refractivity contribution in [3.63, 3.8) is 0 Å². The summed E-state index contributed by atoms with van der Waals surface area (Å²) in [6.07, 6.45) is 7.91. The van der Waals surface area contributed by atoms with Crippen molar-refractivity contribution in [2.45, 2.75) is 70.6 Å². The van der Waals surface area contributed by atoms with E-state index in [1.165, 1.54) is 12.8 Å². The normalized spacial score (nSPS) is 38.8. The maximum atomic E-state index is 12.4. The molecule has 1 amide bonds. The highest BCUT2D eigenvalue weighted by molar-refractivity contribution is 5.87. The third kappa shape index (κ3) is 3.12. The fourth-order valence-corrected chi connectivity index (χ4v) is 5.52. The predicted octanol–water partition coefficient (Wildman–Crippen LogP) is 2.36. The van der Waals surface area contributed by atoms with Gasteiger partial charge in [0.1, 0.15) is 6.10 Å². The van der Waals surface area contributed by atoms with Gasteiger partial charge in [-0.15, -0.1) is 0 Å². The lowest BCUT2D eigenvalue weighted by molar-refractivity contribution is -0.156. The summed E-state index contributed by atoms with van der Waals surface area (Å²) in [5, 5.41) is 0. The molecule has 0 saturated carbocycles. The molecule has 5 heteroatoms. The van der Waals surface area contributed by atoms with Crippen LogP contribution in [-0.2, 0) is 14.3 Å². The minimum Gasteiger partial charge on any atom is -0.459 e. The SMILES string of the molecule is C/C=C(/C)C(=O)O[C@H]1CCN2C[C@@H]3C[C@@H](CN4C(=O)CCC[C@H]34)[C@@H]2C1. The van der Waals surface area contributed by atoms with Crippen LogP contribution in [0.5, 0.6) is 0 Å². The molecule has 4 heterocycles. The molecule has 0 aliphatic carbocycles. The molecule has 0 aromatic carbocycles. The van der Waals surface area contributed by atoms with Crippen LogP contribution in [0.15, 0.2) is 11.6 Å². The molecule has 0 N–H and O–H groups in total. The van der Waals surface area contributed by atoms with Gasteiger partial charge in [-0.3, -0.25) is 9.69 Å². The minimum atomic E-state index is -0.176. The molecular weight excluding hydrogens is 316 g/mol. The van der Waals surface area contributed by atoms with E-state index in [9.17, 15) is 9.59 Å². The van der Waals surface area contributed by atoms with E-state index in [0.29, 0.717) is 35.4 Å². The maximum absolute atomic E-state index is 12.4. The first-order valence-corrected chi connectivity index (χ1v) is 9.94. The van der Waals surface area contributed by atoms with E-state index in [1.54, 1.807) is 0 Å². The summed E-state index contributed by atoms with van der Waals surface area (Å²) in [6.45, 7) is 6.73. The summed E-state index contributed by atoms with van der Waals surface area (Å²) in [7, 11) is 0. The van der Waals surface area contributed by atoms with Gasteiger partial charge in [-0.2, -0.15) is 0 Å². The lowest BCUT2D eigenvalue weighted by Gasteiger charge is -2.57. The number of fused-ring (bicyclic) bond motifs is 6. The third-order valence-electron chi connectivity index (χ3n) is 6.95. The van der Waals surface area contributed by atoms with Gasteiger partial charge in [-0.1, -0.05) is 6.08 Å². The molecule has 4 saturated heterocycles. The zero-order valence-electron chi connectivity index (χ0n) is 15.4. The van der Waals surface area contributed by atoms with Crippen LogP contribution in [0.3, 0.4) is 0 Å².